The highest BCUT2D eigenvalue weighted by atomic mass is 16.1. The molecule has 24 heavy (non-hydrogen) atoms. The van der Waals surface area contributed by atoms with Gasteiger partial charge in [0.25, 0.3) is 0 Å². The minimum Gasteiger partial charge on any atom is -0.289 e. The zero-order valence-electron chi connectivity index (χ0n) is 16.4. The lowest BCUT2D eigenvalue weighted by Gasteiger charge is -2.31. The molecule has 0 amide bonds. The highest BCUT2D eigenvalue weighted by molar-refractivity contribution is 6.12. The summed E-state index contributed by atoms with van der Waals surface area (Å²) >= 11 is 0. The van der Waals surface area contributed by atoms with Gasteiger partial charge in [0.05, 0.1) is 0 Å². The Hall–Kier alpha value is -1.89. The van der Waals surface area contributed by atoms with Gasteiger partial charge < -0.3 is 0 Å². The van der Waals surface area contributed by atoms with E-state index in [0.29, 0.717) is 0 Å². The lowest BCUT2D eigenvalue weighted by molar-refractivity contribution is -0.114. The quantitative estimate of drug-likeness (QED) is 0.600. The minimum absolute atomic E-state index is 0.163. The summed E-state index contributed by atoms with van der Waals surface area (Å²) in [6.07, 6.45) is 6.33. The zero-order valence-corrected chi connectivity index (χ0v) is 16.4. The first-order valence-electron chi connectivity index (χ1n) is 8.67. The third-order valence-corrected chi connectivity index (χ3v) is 4.47. The van der Waals surface area contributed by atoms with Gasteiger partial charge in [0.2, 0.25) is 0 Å². The lowest BCUT2D eigenvalue weighted by atomic mass is 9.72. The standard InChI is InChI=1S/C23H30O/c1-15-9-10-18(16(2)11-15)12-17-13-19(22(3,4)5)21(24)20(14-17)23(6,7)8/h9-14H,1-8H3. The van der Waals surface area contributed by atoms with Crippen molar-refractivity contribution in [3.05, 3.63) is 63.8 Å². The Bertz CT molecular complexity index is 720. The predicted molar refractivity (Wildman–Crippen MR) is 104 cm³/mol. The summed E-state index contributed by atoms with van der Waals surface area (Å²) in [4.78, 5) is 13.0. The van der Waals surface area contributed by atoms with E-state index < -0.39 is 0 Å². The molecule has 1 aliphatic rings. The maximum Gasteiger partial charge on any atom is 0.186 e. The largest absolute Gasteiger partial charge is 0.289 e. The van der Waals surface area contributed by atoms with Crippen LogP contribution in [0.2, 0.25) is 0 Å². The van der Waals surface area contributed by atoms with Gasteiger partial charge in [-0.2, -0.15) is 0 Å². The van der Waals surface area contributed by atoms with Crippen molar-refractivity contribution in [2.45, 2.75) is 55.4 Å². The van der Waals surface area contributed by atoms with E-state index in [1.165, 1.54) is 16.7 Å². The molecule has 0 aromatic heterocycles. The van der Waals surface area contributed by atoms with Crippen molar-refractivity contribution in [1.29, 1.82) is 0 Å². The number of carbonyl (C=O) groups excluding carboxylic acids is 1. The Kier molecular flexibility index (Phi) is 4.77. The van der Waals surface area contributed by atoms with Gasteiger partial charge in [-0.15, -0.1) is 0 Å². The van der Waals surface area contributed by atoms with Crippen LogP contribution in [0.4, 0.5) is 0 Å². The van der Waals surface area contributed by atoms with Crippen LogP contribution in [0.15, 0.2) is 47.1 Å². The Morgan fingerprint density at radius 2 is 1.33 bits per heavy atom. The number of hydrogen-bond donors (Lipinski definition) is 0. The highest BCUT2D eigenvalue weighted by Gasteiger charge is 2.33. The van der Waals surface area contributed by atoms with Crippen molar-refractivity contribution < 1.29 is 4.79 Å². The molecule has 128 valence electrons. The van der Waals surface area contributed by atoms with E-state index in [4.69, 9.17) is 0 Å². The molecule has 1 aromatic carbocycles. The van der Waals surface area contributed by atoms with Crippen molar-refractivity contribution in [3.63, 3.8) is 0 Å². The fraction of sp³-hybridized carbons (Fsp3) is 0.435. The molecule has 0 fully saturated rings. The zero-order chi connectivity index (χ0) is 18.3. The van der Waals surface area contributed by atoms with Crippen LogP contribution in [0.3, 0.4) is 0 Å². The van der Waals surface area contributed by atoms with Crippen molar-refractivity contribution >= 4 is 11.9 Å². The van der Waals surface area contributed by atoms with Gasteiger partial charge in [0.1, 0.15) is 0 Å². The first kappa shape index (κ1) is 18.4. The summed E-state index contributed by atoms with van der Waals surface area (Å²) in [7, 11) is 0. The number of aryl methyl sites for hydroxylation is 2. The van der Waals surface area contributed by atoms with Crippen molar-refractivity contribution in [3.8, 4) is 0 Å². The molecule has 0 atom stereocenters. The SMILES string of the molecule is Cc1ccc(C=C2C=C(C(C)(C)C)C(=O)C(C(C)(C)C)=C2)c(C)c1. The Morgan fingerprint density at radius 1 is 0.833 bits per heavy atom. The molecule has 2 rings (SSSR count). The number of hydrogen-bond acceptors (Lipinski definition) is 1. The highest BCUT2D eigenvalue weighted by Crippen LogP contribution is 2.39. The van der Waals surface area contributed by atoms with Gasteiger partial charge in [-0.05, 0) is 59.6 Å². The summed E-state index contributed by atoms with van der Waals surface area (Å²) in [6.45, 7) is 16.9. The van der Waals surface area contributed by atoms with Crippen LogP contribution in [-0.4, -0.2) is 5.78 Å². The number of benzene rings is 1. The summed E-state index contributed by atoms with van der Waals surface area (Å²) in [5, 5.41) is 0. The Labute approximate surface area is 147 Å². The molecule has 0 unspecified atom stereocenters. The molecular weight excluding hydrogens is 292 g/mol. The Morgan fingerprint density at radius 3 is 1.75 bits per heavy atom. The monoisotopic (exact) mass is 322 g/mol. The van der Waals surface area contributed by atoms with Gasteiger partial charge >= 0.3 is 0 Å². The fourth-order valence-electron chi connectivity index (χ4n) is 3.02. The third-order valence-electron chi connectivity index (χ3n) is 4.47. The molecule has 0 saturated carbocycles. The van der Waals surface area contributed by atoms with Crippen LogP contribution in [0.5, 0.6) is 0 Å². The molecule has 0 heterocycles. The number of Topliss-reactive ketones (excluding diaryl/α,β-unsaturated/α-hetero) is 1. The van der Waals surface area contributed by atoms with E-state index in [1.54, 1.807) is 0 Å². The van der Waals surface area contributed by atoms with E-state index in [0.717, 1.165) is 16.7 Å². The normalized spacial score (nSPS) is 16.0. The summed E-state index contributed by atoms with van der Waals surface area (Å²) in [5.41, 5.74) is 6.31. The van der Waals surface area contributed by atoms with E-state index in [1.807, 2.05) is 0 Å². The molecular formula is C23H30O. The second kappa shape index (κ2) is 6.20. The van der Waals surface area contributed by atoms with Crippen LogP contribution in [-0.2, 0) is 4.79 Å². The first-order valence-corrected chi connectivity index (χ1v) is 8.67. The fourth-order valence-corrected chi connectivity index (χ4v) is 3.02. The molecule has 1 aromatic rings. The molecule has 0 radical (unpaired) electrons. The molecule has 0 spiro atoms. The second-order valence-electron chi connectivity index (χ2n) is 8.95. The first-order chi connectivity index (χ1) is 10.9. The third kappa shape index (κ3) is 3.95. The summed E-state index contributed by atoms with van der Waals surface area (Å²) < 4.78 is 0. The second-order valence-corrected chi connectivity index (χ2v) is 8.95. The van der Waals surface area contributed by atoms with Gasteiger partial charge in [0, 0.05) is 11.1 Å². The van der Waals surface area contributed by atoms with Crippen LogP contribution >= 0.6 is 0 Å². The van der Waals surface area contributed by atoms with Gasteiger partial charge in [-0.1, -0.05) is 65.3 Å². The van der Waals surface area contributed by atoms with E-state index in [9.17, 15) is 4.79 Å². The number of ketones is 1. The molecule has 1 nitrogen and oxygen atoms in total. The average Bonchev–Trinajstić information content (AvgIpc) is 2.41. The molecule has 1 heteroatoms. The van der Waals surface area contributed by atoms with Crippen molar-refractivity contribution in [1.82, 2.24) is 0 Å². The number of rotatable bonds is 1. The van der Waals surface area contributed by atoms with Crippen molar-refractivity contribution in [2.75, 3.05) is 0 Å². The van der Waals surface area contributed by atoms with Crippen LogP contribution < -0.4 is 0 Å². The maximum absolute atomic E-state index is 13.0. The summed E-state index contributed by atoms with van der Waals surface area (Å²) in [5.74, 6) is 0.188. The maximum atomic E-state index is 13.0. The van der Waals surface area contributed by atoms with E-state index in [2.05, 4.69) is 91.8 Å². The molecule has 0 saturated heterocycles. The van der Waals surface area contributed by atoms with Gasteiger partial charge in [-0.3, -0.25) is 4.79 Å². The lowest BCUT2D eigenvalue weighted by Crippen LogP contribution is -2.27. The summed E-state index contributed by atoms with van der Waals surface area (Å²) in [6, 6.07) is 6.49. The molecule has 0 aliphatic heterocycles. The number of carbonyl (C=O) groups is 1. The smallest absolute Gasteiger partial charge is 0.186 e. The van der Waals surface area contributed by atoms with E-state index in [-0.39, 0.29) is 16.6 Å². The minimum atomic E-state index is -0.163. The molecule has 0 bridgehead atoms. The Balaban J connectivity index is 2.61. The van der Waals surface area contributed by atoms with Gasteiger partial charge in [0.15, 0.2) is 5.78 Å². The van der Waals surface area contributed by atoms with Crippen LogP contribution in [0.1, 0.15) is 58.2 Å². The topological polar surface area (TPSA) is 17.1 Å². The van der Waals surface area contributed by atoms with E-state index >= 15 is 0 Å². The van der Waals surface area contributed by atoms with Crippen molar-refractivity contribution in [2.24, 2.45) is 10.8 Å². The molecule has 1 aliphatic carbocycles. The number of allylic oxidation sites excluding steroid dienone is 5. The molecule has 0 N–H and O–H groups in total. The average molecular weight is 322 g/mol. The van der Waals surface area contributed by atoms with Crippen LogP contribution in [0, 0.1) is 24.7 Å². The van der Waals surface area contributed by atoms with Crippen LogP contribution in [0.25, 0.3) is 6.08 Å². The predicted octanol–water partition coefficient (Wildman–Crippen LogP) is 6.21. The van der Waals surface area contributed by atoms with Gasteiger partial charge in [-0.25, -0.2) is 0 Å².